The molecule has 0 bridgehead atoms. The van der Waals surface area contributed by atoms with Gasteiger partial charge in [0.1, 0.15) is 4.90 Å². The molecule has 0 amide bonds. The Hall–Kier alpha value is -0.720. The van der Waals surface area contributed by atoms with Crippen molar-refractivity contribution < 1.29 is 8.42 Å². The Morgan fingerprint density at radius 2 is 1.94 bits per heavy atom. The van der Waals surface area contributed by atoms with Crippen LogP contribution in [0.15, 0.2) is 17.3 Å². The molecule has 100 valence electrons. The first kappa shape index (κ1) is 13.7. The normalized spacial score (nSPS) is 26.2. The largest absolute Gasteiger partial charge is 0.246 e. The minimum absolute atomic E-state index is 0.000530. The highest BCUT2D eigenvalue weighted by atomic mass is 35.5. The summed E-state index contributed by atoms with van der Waals surface area (Å²) in [5.41, 5.74) is 0. The fraction of sp³-hybridized carbons (Fsp3) is 0.636. The Kier molecular flexibility index (Phi) is 3.89. The first-order valence-electron chi connectivity index (χ1n) is 5.92. The van der Waals surface area contributed by atoms with Gasteiger partial charge in [-0.1, -0.05) is 6.92 Å². The predicted octanol–water partition coefficient (Wildman–Crippen LogP) is 1.94. The van der Waals surface area contributed by atoms with E-state index in [1.807, 2.05) is 6.92 Å². The summed E-state index contributed by atoms with van der Waals surface area (Å²) in [6.07, 6.45) is 4.47. The smallest absolute Gasteiger partial charge is 0.225 e. The second kappa shape index (κ2) is 5.11. The molecule has 0 spiro atoms. The van der Waals surface area contributed by atoms with Crippen molar-refractivity contribution >= 4 is 21.6 Å². The maximum Gasteiger partial charge on any atom is 0.246 e. The number of piperidine rings is 1. The van der Waals surface area contributed by atoms with E-state index in [4.69, 9.17) is 11.6 Å². The van der Waals surface area contributed by atoms with Crippen LogP contribution in [0.4, 0.5) is 0 Å². The Labute approximate surface area is 112 Å². The predicted molar refractivity (Wildman–Crippen MR) is 68.8 cm³/mol. The third-order valence-electron chi connectivity index (χ3n) is 3.52. The average molecular weight is 290 g/mol. The lowest BCUT2D eigenvalue weighted by Gasteiger charge is -2.36. The van der Waals surface area contributed by atoms with E-state index in [-0.39, 0.29) is 16.2 Å². The van der Waals surface area contributed by atoms with E-state index < -0.39 is 10.0 Å². The van der Waals surface area contributed by atoms with Crippen molar-refractivity contribution in [1.29, 1.82) is 0 Å². The van der Waals surface area contributed by atoms with Gasteiger partial charge in [-0.15, -0.1) is 0 Å². The number of halogens is 1. The van der Waals surface area contributed by atoms with Gasteiger partial charge in [-0.2, -0.15) is 4.31 Å². The third kappa shape index (κ3) is 2.50. The van der Waals surface area contributed by atoms with Crippen molar-refractivity contribution in [1.82, 2.24) is 14.3 Å². The lowest BCUT2D eigenvalue weighted by Crippen LogP contribution is -2.45. The van der Waals surface area contributed by atoms with Gasteiger partial charge in [0, 0.05) is 12.6 Å². The molecule has 2 atom stereocenters. The average Bonchev–Trinajstić information content (AvgIpc) is 2.33. The molecule has 18 heavy (non-hydrogen) atoms. The molecule has 2 heterocycles. The van der Waals surface area contributed by atoms with Crippen LogP contribution < -0.4 is 0 Å². The molecule has 1 fully saturated rings. The van der Waals surface area contributed by atoms with E-state index in [2.05, 4.69) is 16.9 Å². The number of hydrogen-bond donors (Lipinski definition) is 0. The van der Waals surface area contributed by atoms with Crippen LogP contribution in [0.2, 0.25) is 5.28 Å². The van der Waals surface area contributed by atoms with Crippen molar-refractivity contribution in [3.63, 3.8) is 0 Å². The minimum atomic E-state index is -3.51. The summed E-state index contributed by atoms with van der Waals surface area (Å²) in [5.74, 6) is 0.363. The second-order valence-corrected chi connectivity index (χ2v) is 6.89. The van der Waals surface area contributed by atoms with E-state index >= 15 is 0 Å². The molecule has 1 aliphatic heterocycles. The molecular formula is C11H16ClN3O2S. The van der Waals surface area contributed by atoms with Gasteiger partial charge in [0.2, 0.25) is 15.3 Å². The first-order chi connectivity index (χ1) is 8.43. The SMILES string of the molecule is CC1CCCN(S(=O)(=O)c2cnc(Cl)nc2)C1C. The van der Waals surface area contributed by atoms with Crippen molar-refractivity contribution in [3.8, 4) is 0 Å². The van der Waals surface area contributed by atoms with Gasteiger partial charge < -0.3 is 0 Å². The van der Waals surface area contributed by atoms with Crippen LogP contribution in [-0.2, 0) is 10.0 Å². The van der Waals surface area contributed by atoms with E-state index in [0.717, 1.165) is 12.8 Å². The molecule has 5 nitrogen and oxygen atoms in total. The van der Waals surface area contributed by atoms with Crippen molar-refractivity contribution in [2.45, 2.75) is 37.6 Å². The topological polar surface area (TPSA) is 63.2 Å². The van der Waals surface area contributed by atoms with Crippen LogP contribution in [0.3, 0.4) is 0 Å². The van der Waals surface area contributed by atoms with Crippen LogP contribution in [0.25, 0.3) is 0 Å². The molecule has 1 aliphatic rings. The Morgan fingerprint density at radius 3 is 2.56 bits per heavy atom. The van der Waals surface area contributed by atoms with Crippen LogP contribution in [0.1, 0.15) is 26.7 Å². The van der Waals surface area contributed by atoms with Gasteiger partial charge in [-0.3, -0.25) is 0 Å². The van der Waals surface area contributed by atoms with Gasteiger partial charge in [-0.25, -0.2) is 18.4 Å². The molecule has 2 rings (SSSR count). The number of rotatable bonds is 2. The summed E-state index contributed by atoms with van der Waals surface area (Å²) in [5, 5.41) is 0.0500. The lowest BCUT2D eigenvalue weighted by atomic mass is 9.94. The van der Waals surface area contributed by atoms with E-state index in [1.165, 1.54) is 16.7 Å². The molecule has 0 aromatic carbocycles. The zero-order valence-corrected chi connectivity index (χ0v) is 11.9. The molecule has 0 saturated carbocycles. The van der Waals surface area contributed by atoms with Gasteiger partial charge in [0.15, 0.2) is 0 Å². The van der Waals surface area contributed by atoms with Crippen LogP contribution in [0.5, 0.6) is 0 Å². The molecule has 1 aromatic rings. The van der Waals surface area contributed by atoms with Gasteiger partial charge in [0.25, 0.3) is 0 Å². The highest BCUT2D eigenvalue weighted by Gasteiger charge is 2.34. The van der Waals surface area contributed by atoms with Gasteiger partial charge in [0.05, 0.1) is 12.4 Å². The standard InChI is InChI=1S/C11H16ClN3O2S/c1-8-4-3-5-15(9(8)2)18(16,17)10-6-13-11(12)14-7-10/h6-9H,3-5H2,1-2H3. The van der Waals surface area contributed by atoms with Crippen LogP contribution in [0, 0.1) is 5.92 Å². The first-order valence-corrected chi connectivity index (χ1v) is 7.74. The summed E-state index contributed by atoms with van der Waals surface area (Å²) >= 11 is 5.57. The molecule has 1 saturated heterocycles. The summed E-state index contributed by atoms with van der Waals surface area (Å²) in [6, 6.07) is -0.000530. The lowest BCUT2D eigenvalue weighted by molar-refractivity contribution is 0.202. The molecule has 0 radical (unpaired) electrons. The quantitative estimate of drug-likeness (QED) is 0.781. The molecule has 1 aromatic heterocycles. The third-order valence-corrected chi connectivity index (χ3v) is 5.65. The van der Waals surface area contributed by atoms with Crippen LogP contribution >= 0.6 is 11.6 Å². The highest BCUT2D eigenvalue weighted by Crippen LogP contribution is 2.28. The molecule has 2 unspecified atom stereocenters. The molecular weight excluding hydrogens is 274 g/mol. The Balaban J connectivity index is 2.33. The Bertz CT molecular complexity index is 518. The summed E-state index contributed by atoms with van der Waals surface area (Å²) < 4.78 is 26.5. The summed E-state index contributed by atoms with van der Waals surface area (Å²) in [7, 11) is -3.51. The zero-order chi connectivity index (χ0) is 13.3. The second-order valence-electron chi connectivity index (χ2n) is 4.66. The molecule has 0 aliphatic carbocycles. The number of aromatic nitrogens is 2. The Morgan fingerprint density at radius 1 is 1.33 bits per heavy atom. The summed E-state index contributed by atoms with van der Waals surface area (Å²) in [6.45, 7) is 4.57. The number of nitrogens with zero attached hydrogens (tertiary/aromatic N) is 3. The van der Waals surface area contributed by atoms with Gasteiger partial charge >= 0.3 is 0 Å². The minimum Gasteiger partial charge on any atom is -0.225 e. The van der Waals surface area contributed by atoms with Crippen LogP contribution in [-0.4, -0.2) is 35.3 Å². The fourth-order valence-electron chi connectivity index (χ4n) is 2.21. The molecule has 7 heteroatoms. The maximum atomic E-state index is 12.5. The monoisotopic (exact) mass is 289 g/mol. The fourth-order valence-corrected chi connectivity index (χ4v) is 3.96. The van der Waals surface area contributed by atoms with E-state index in [9.17, 15) is 8.42 Å². The highest BCUT2D eigenvalue weighted by molar-refractivity contribution is 7.89. The molecule has 0 N–H and O–H groups in total. The maximum absolute atomic E-state index is 12.5. The summed E-state index contributed by atoms with van der Waals surface area (Å²) in [4.78, 5) is 7.57. The number of sulfonamides is 1. The van der Waals surface area contributed by atoms with Gasteiger partial charge in [-0.05, 0) is 37.3 Å². The zero-order valence-electron chi connectivity index (χ0n) is 10.4. The van der Waals surface area contributed by atoms with Crippen molar-refractivity contribution in [3.05, 3.63) is 17.7 Å². The van der Waals surface area contributed by atoms with E-state index in [0.29, 0.717) is 12.5 Å². The van der Waals surface area contributed by atoms with E-state index in [1.54, 1.807) is 0 Å². The van der Waals surface area contributed by atoms with Crippen molar-refractivity contribution in [2.75, 3.05) is 6.54 Å². The van der Waals surface area contributed by atoms with Crippen molar-refractivity contribution in [2.24, 2.45) is 5.92 Å². The number of hydrogen-bond acceptors (Lipinski definition) is 4.